The molecule has 0 saturated heterocycles. The van der Waals surface area contributed by atoms with E-state index in [2.05, 4.69) is 9.55 Å². The van der Waals surface area contributed by atoms with E-state index < -0.39 is 5.97 Å². The number of ether oxygens (including phenoxy) is 1. The number of carbonyl (C=O) groups excluding carboxylic acids is 1. The molecular weight excluding hydrogens is 280 g/mol. The molecule has 1 aliphatic rings. The number of esters is 1. The average Bonchev–Trinajstić information content (AvgIpc) is 3.00. The number of hydrogen-bond donors (Lipinski definition) is 1. The Morgan fingerprint density at radius 3 is 2.55 bits per heavy atom. The van der Waals surface area contributed by atoms with Crippen molar-refractivity contribution in [3.05, 3.63) is 42.4 Å². The van der Waals surface area contributed by atoms with Crippen molar-refractivity contribution in [3.8, 4) is 11.3 Å². The molecule has 0 radical (unpaired) electrons. The fraction of sp³-hybridized carbons (Fsp3) is 0.412. The van der Waals surface area contributed by atoms with Crippen LogP contribution in [0.15, 0.2) is 36.7 Å². The van der Waals surface area contributed by atoms with Gasteiger partial charge in [0.2, 0.25) is 0 Å². The Morgan fingerprint density at radius 1 is 1.23 bits per heavy atom. The molecule has 0 spiro atoms. The lowest BCUT2D eigenvalue weighted by atomic mass is 9.92. The second-order valence-electron chi connectivity index (χ2n) is 5.67. The van der Waals surface area contributed by atoms with Crippen LogP contribution in [0.25, 0.3) is 11.3 Å². The summed E-state index contributed by atoms with van der Waals surface area (Å²) in [6.45, 7) is 0. The van der Waals surface area contributed by atoms with Crippen LogP contribution in [-0.4, -0.2) is 33.8 Å². The third-order valence-corrected chi connectivity index (χ3v) is 4.28. The predicted molar refractivity (Wildman–Crippen MR) is 82.5 cm³/mol. The van der Waals surface area contributed by atoms with Gasteiger partial charge in [-0.3, -0.25) is 0 Å². The van der Waals surface area contributed by atoms with Crippen molar-refractivity contribution in [1.82, 2.24) is 9.55 Å². The van der Waals surface area contributed by atoms with Crippen LogP contribution in [0.2, 0.25) is 0 Å². The summed E-state index contributed by atoms with van der Waals surface area (Å²) in [6.07, 6.45) is 4.85. The molecule has 0 aliphatic heterocycles. The molecule has 5 nitrogen and oxygen atoms in total. The van der Waals surface area contributed by atoms with Crippen LogP contribution >= 0.6 is 0 Å². The highest BCUT2D eigenvalue weighted by atomic mass is 16.5. The van der Waals surface area contributed by atoms with Crippen LogP contribution < -0.4 is 0 Å². The standard InChI is InChI=1S/C17H20N2O3/c1-22-17(21)15-16(12-5-3-2-4-6-12)19(11-18-15)13-7-9-14(20)10-8-13/h2-6,11,13-14,20H,7-10H2,1H3/t13-,14-. The van der Waals surface area contributed by atoms with Crippen LogP contribution in [0.4, 0.5) is 0 Å². The van der Waals surface area contributed by atoms with Gasteiger partial charge in [-0.1, -0.05) is 30.3 Å². The van der Waals surface area contributed by atoms with Gasteiger partial charge in [-0.25, -0.2) is 9.78 Å². The summed E-state index contributed by atoms with van der Waals surface area (Å²) < 4.78 is 6.92. The van der Waals surface area contributed by atoms with Crippen LogP contribution in [0, 0.1) is 0 Å². The molecule has 1 aromatic carbocycles. The quantitative estimate of drug-likeness (QED) is 0.885. The molecule has 1 N–H and O–H groups in total. The van der Waals surface area contributed by atoms with Crippen molar-refractivity contribution in [2.75, 3.05) is 7.11 Å². The SMILES string of the molecule is COC(=O)c1ncn([C@H]2CC[C@H](O)CC2)c1-c1ccccc1. The first-order chi connectivity index (χ1) is 10.7. The third kappa shape index (κ3) is 2.76. The molecule has 1 aromatic heterocycles. The normalized spacial score (nSPS) is 21.5. The van der Waals surface area contributed by atoms with Crippen LogP contribution in [0.5, 0.6) is 0 Å². The monoisotopic (exact) mass is 300 g/mol. The molecule has 22 heavy (non-hydrogen) atoms. The van der Waals surface area contributed by atoms with Gasteiger partial charge in [-0.05, 0) is 25.7 Å². The summed E-state index contributed by atoms with van der Waals surface area (Å²) in [5.74, 6) is -0.423. The van der Waals surface area contributed by atoms with Crippen LogP contribution in [-0.2, 0) is 4.74 Å². The summed E-state index contributed by atoms with van der Waals surface area (Å²) >= 11 is 0. The average molecular weight is 300 g/mol. The van der Waals surface area contributed by atoms with Crippen LogP contribution in [0.1, 0.15) is 42.2 Å². The summed E-state index contributed by atoms with van der Waals surface area (Å²) in [5.41, 5.74) is 2.10. The Balaban J connectivity index is 2.03. The second-order valence-corrected chi connectivity index (χ2v) is 5.67. The van der Waals surface area contributed by atoms with Crippen molar-refractivity contribution >= 4 is 5.97 Å². The summed E-state index contributed by atoms with van der Waals surface area (Å²) in [5, 5.41) is 9.69. The van der Waals surface area contributed by atoms with Gasteiger partial charge in [0.05, 0.1) is 25.2 Å². The van der Waals surface area contributed by atoms with Gasteiger partial charge in [0.25, 0.3) is 0 Å². The number of aliphatic hydroxyl groups excluding tert-OH is 1. The Hall–Kier alpha value is -2.14. The number of methoxy groups -OCH3 is 1. The van der Waals surface area contributed by atoms with E-state index in [4.69, 9.17) is 4.74 Å². The molecule has 1 heterocycles. The molecule has 0 amide bonds. The second kappa shape index (κ2) is 6.32. The van der Waals surface area contributed by atoms with Gasteiger partial charge >= 0.3 is 5.97 Å². The number of imidazole rings is 1. The van der Waals surface area contributed by atoms with E-state index in [-0.39, 0.29) is 12.1 Å². The van der Waals surface area contributed by atoms with Crippen molar-refractivity contribution in [1.29, 1.82) is 0 Å². The van der Waals surface area contributed by atoms with Crippen LogP contribution in [0.3, 0.4) is 0 Å². The topological polar surface area (TPSA) is 64.3 Å². The molecule has 1 saturated carbocycles. The maximum absolute atomic E-state index is 12.0. The van der Waals surface area contributed by atoms with E-state index >= 15 is 0 Å². The van der Waals surface area contributed by atoms with Crippen molar-refractivity contribution in [2.45, 2.75) is 37.8 Å². The van der Waals surface area contributed by atoms with Gasteiger partial charge in [0.15, 0.2) is 5.69 Å². The molecule has 5 heteroatoms. The summed E-state index contributed by atoms with van der Waals surface area (Å²) in [7, 11) is 1.37. The maximum atomic E-state index is 12.0. The lowest BCUT2D eigenvalue weighted by Crippen LogP contribution is -2.21. The van der Waals surface area contributed by atoms with Crippen molar-refractivity contribution in [2.24, 2.45) is 0 Å². The van der Waals surface area contributed by atoms with Gasteiger partial charge in [-0.2, -0.15) is 0 Å². The zero-order chi connectivity index (χ0) is 15.5. The smallest absolute Gasteiger partial charge is 0.358 e. The van der Waals surface area contributed by atoms with E-state index in [9.17, 15) is 9.90 Å². The van der Waals surface area contributed by atoms with E-state index in [0.29, 0.717) is 5.69 Å². The van der Waals surface area contributed by atoms with Crippen molar-refractivity contribution in [3.63, 3.8) is 0 Å². The summed E-state index contributed by atoms with van der Waals surface area (Å²) in [6, 6.07) is 10.0. The molecule has 0 atom stereocenters. The first kappa shape index (κ1) is 14.8. The minimum Gasteiger partial charge on any atom is -0.464 e. The Kier molecular flexibility index (Phi) is 4.24. The first-order valence-electron chi connectivity index (χ1n) is 7.59. The largest absolute Gasteiger partial charge is 0.464 e. The van der Waals surface area contributed by atoms with E-state index in [1.807, 2.05) is 30.3 Å². The zero-order valence-electron chi connectivity index (χ0n) is 12.6. The van der Waals surface area contributed by atoms with E-state index in [1.54, 1.807) is 6.33 Å². The fourth-order valence-electron chi connectivity index (χ4n) is 3.10. The van der Waals surface area contributed by atoms with E-state index in [0.717, 1.165) is 36.9 Å². The number of aromatic nitrogens is 2. The fourth-order valence-corrected chi connectivity index (χ4v) is 3.10. The molecule has 0 bridgehead atoms. The summed E-state index contributed by atoms with van der Waals surface area (Å²) in [4.78, 5) is 16.3. The Bertz CT molecular complexity index is 643. The maximum Gasteiger partial charge on any atom is 0.358 e. The first-order valence-corrected chi connectivity index (χ1v) is 7.59. The highest BCUT2D eigenvalue weighted by molar-refractivity contribution is 5.94. The number of nitrogens with zero attached hydrogens (tertiary/aromatic N) is 2. The third-order valence-electron chi connectivity index (χ3n) is 4.28. The Morgan fingerprint density at radius 2 is 1.91 bits per heavy atom. The molecule has 3 rings (SSSR count). The number of carbonyl (C=O) groups is 1. The molecule has 2 aromatic rings. The highest BCUT2D eigenvalue weighted by Crippen LogP contribution is 2.34. The Labute approximate surface area is 129 Å². The minimum absolute atomic E-state index is 0.208. The highest BCUT2D eigenvalue weighted by Gasteiger charge is 2.27. The van der Waals surface area contributed by atoms with Gasteiger partial charge < -0.3 is 14.4 Å². The van der Waals surface area contributed by atoms with Gasteiger partial charge in [0.1, 0.15) is 0 Å². The zero-order valence-corrected chi connectivity index (χ0v) is 12.6. The minimum atomic E-state index is -0.423. The molecule has 116 valence electrons. The van der Waals surface area contributed by atoms with Gasteiger partial charge in [0, 0.05) is 11.6 Å². The van der Waals surface area contributed by atoms with Crippen molar-refractivity contribution < 1.29 is 14.6 Å². The number of benzene rings is 1. The number of rotatable bonds is 3. The molecule has 1 aliphatic carbocycles. The lowest BCUT2D eigenvalue weighted by molar-refractivity contribution is 0.0595. The lowest BCUT2D eigenvalue weighted by Gasteiger charge is -2.28. The van der Waals surface area contributed by atoms with Gasteiger partial charge in [-0.15, -0.1) is 0 Å². The number of aliphatic hydroxyl groups is 1. The number of hydrogen-bond acceptors (Lipinski definition) is 4. The van der Waals surface area contributed by atoms with E-state index in [1.165, 1.54) is 7.11 Å². The molecule has 0 unspecified atom stereocenters. The predicted octanol–water partition coefficient (Wildman–Crippen LogP) is 2.81. The molecular formula is C17H20N2O3. The molecule has 1 fully saturated rings.